The molecule has 1 fully saturated rings. The highest BCUT2D eigenvalue weighted by atomic mass is 16.5. The molecule has 7 heteroatoms. The van der Waals surface area contributed by atoms with E-state index in [9.17, 15) is 4.79 Å². The number of furan rings is 1. The van der Waals surface area contributed by atoms with Crippen molar-refractivity contribution in [2.45, 2.75) is 25.1 Å². The number of imidazole rings is 1. The number of nitrogens with zero attached hydrogens (tertiary/aromatic N) is 3. The molecule has 0 bridgehead atoms. The van der Waals surface area contributed by atoms with Gasteiger partial charge in [0.05, 0.1) is 19.0 Å². The maximum absolute atomic E-state index is 12.5. The Morgan fingerprint density at radius 3 is 3.14 bits per heavy atom. The topological polar surface area (TPSA) is 86.5 Å². The molecular weight excluding hydrogens is 284 g/mol. The Balaban J connectivity index is 1.66. The van der Waals surface area contributed by atoms with Crippen LogP contribution in [-0.4, -0.2) is 52.7 Å². The van der Waals surface area contributed by atoms with E-state index >= 15 is 0 Å². The maximum atomic E-state index is 12.5. The van der Waals surface area contributed by atoms with Crippen LogP contribution in [-0.2, 0) is 11.3 Å². The number of amides is 1. The van der Waals surface area contributed by atoms with Crippen molar-refractivity contribution in [3.05, 3.63) is 42.4 Å². The van der Waals surface area contributed by atoms with E-state index in [4.69, 9.17) is 14.9 Å². The second-order valence-electron chi connectivity index (χ2n) is 5.48. The summed E-state index contributed by atoms with van der Waals surface area (Å²) in [6, 6.07) is 3.50. The number of aromatic nitrogens is 2. The number of hydrogen-bond donors (Lipinski definition) is 1. The Kier molecular flexibility index (Phi) is 4.26. The van der Waals surface area contributed by atoms with E-state index < -0.39 is 0 Å². The van der Waals surface area contributed by atoms with Gasteiger partial charge in [-0.05, 0) is 18.6 Å². The number of methoxy groups -OCH3 is 1. The van der Waals surface area contributed by atoms with Crippen LogP contribution in [0.2, 0.25) is 0 Å². The summed E-state index contributed by atoms with van der Waals surface area (Å²) in [6.07, 6.45) is 5.86. The minimum absolute atomic E-state index is 0.0255. The molecule has 0 aliphatic carbocycles. The molecule has 0 radical (unpaired) electrons. The van der Waals surface area contributed by atoms with Gasteiger partial charge < -0.3 is 24.4 Å². The zero-order valence-electron chi connectivity index (χ0n) is 12.5. The van der Waals surface area contributed by atoms with Gasteiger partial charge in [-0.2, -0.15) is 0 Å². The largest absolute Gasteiger partial charge is 0.454 e. The van der Waals surface area contributed by atoms with E-state index in [-0.39, 0.29) is 18.1 Å². The molecule has 2 atom stereocenters. The fourth-order valence-corrected chi connectivity index (χ4v) is 2.66. The summed E-state index contributed by atoms with van der Waals surface area (Å²) in [5, 5.41) is 0. The Morgan fingerprint density at radius 1 is 1.55 bits per heavy atom. The van der Waals surface area contributed by atoms with Gasteiger partial charge in [0, 0.05) is 38.6 Å². The number of carbonyl (C=O) groups is 1. The molecule has 0 unspecified atom stereocenters. The highest BCUT2D eigenvalue weighted by Gasteiger charge is 2.30. The van der Waals surface area contributed by atoms with Crippen LogP contribution in [0.3, 0.4) is 0 Å². The highest BCUT2D eigenvalue weighted by Crippen LogP contribution is 2.17. The van der Waals surface area contributed by atoms with Crippen molar-refractivity contribution in [2.24, 2.45) is 5.73 Å². The van der Waals surface area contributed by atoms with Crippen molar-refractivity contribution >= 4 is 5.91 Å². The number of hydrogen-bond acceptors (Lipinski definition) is 5. The van der Waals surface area contributed by atoms with Gasteiger partial charge in [0.15, 0.2) is 5.76 Å². The lowest BCUT2D eigenvalue weighted by Crippen LogP contribution is -2.53. The average molecular weight is 304 g/mol. The predicted octanol–water partition coefficient (Wildman–Crippen LogP) is 0.713. The van der Waals surface area contributed by atoms with Gasteiger partial charge in [-0.15, -0.1) is 0 Å². The molecule has 1 aliphatic heterocycles. The van der Waals surface area contributed by atoms with Crippen LogP contribution < -0.4 is 5.73 Å². The molecule has 3 rings (SSSR count). The van der Waals surface area contributed by atoms with E-state index in [2.05, 4.69) is 4.98 Å². The molecule has 0 saturated carbocycles. The number of ether oxygens (including phenoxy) is 1. The quantitative estimate of drug-likeness (QED) is 0.899. The van der Waals surface area contributed by atoms with Crippen LogP contribution in [0.4, 0.5) is 0 Å². The molecular formula is C15H20N4O3. The first-order valence-corrected chi connectivity index (χ1v) is 7.29. The average Bonchev–Trinajstić information content (AvgIpc) is 3.19. The number of carbonyl (C=O) groups excluding carboxylic acids is 1. The molecule has 2 aromatic heterocycles. The summed E-state index contributed by atoms with van der Waals surface area (Å²) in [7, 11) is 1.62. The van der Waals surface area contributed by atoms with Crippen LogP contribution in [0.5, 0.6) is 0 Å². The standard InChI is InChI=1S/C15H20N4O3/c1-21-14-9-19(6-4-12(14)16)15(20)13-3-2-11(22-13)8-18-7-5-17-10-18/h2-3,5,7,10,12,14H,4,6,8-9,16H2,1H3/t12-,14+/m0/s1. The normalized spacial score (nSPS) is 22.0. The van der Waals surface area contributed by atoms with E-state index in [1.807, 2.05) is 16.8 Å². The Bertz CT molecular complexity index is 623. The molecule has 22 heavy (non-hydrogen) atoms. The summed E-state index contributed by atoms with van der Waals surface area (Å²) >= 11 is 0. The summed E-state index contributed by atoms with van der Waals surface area (Å²) in [6.45, 7) is 1.67. The molecule has 118 valence electrons. The molecule has 1 saturated heterocycles. The van der Waals surface area contributed by atoms with Crippen LogP contribution >= 0.6 is 0 Å². The maximum Gasteiger partial charge on any atom is 0.289 e. The van der Waals surface area contributed by atoms with Gasteiger partial charge in [-0.25, -0.2) is 4.98 Å². The molecule has 1 amide bonds. The number of rotatable bonds is 4. The first kappa shape index (κ1) is 14.8. The zero-order chi connectivity index (χ0) is 15.5. The lowest BCUT2D eigenvalue weighted by Gasteiger charge is -2.35. The van der Waals surface area contributed by atoms with Gasteiger partial charge in [-0.3, -0.25) is 4.79 Å². The van der Waals surface area contributed by atoms with Crippen LogP contribution in [0.15, 0.2) is 35.3 Å². The van der Waals surface area contributed by atoms with Crippen molar-refractivity contribution in [1.82, 2.24) is 14.5 Å². The van der Waals surface area contributed by atoms with Crippen LogP contribution in [0.25, 0.3) is 0 Å². The van der Waals surface area contributed by atoms with Gasteiger partial charge in [0.1, 0.15) is 5.76 Å². The lowest BCUT2D eigenvalue weighted by atomic mass is 10.0. The number of likely N-dealkylation sites (tertiary alicyclic amines) is 1. The highest BCUT2D eigenvalue weighted by molar-refractivity contribution is 5.91. The van der Waals surface area contributed by atoms with Gasteiger partial charge in [0.2, 0.25) is 0 Å². The number of nitrogens with two attached hydrogens (primary N) is 1. The van der Waals surface area contributed by atoms with Gasteiger partial charge >= 0.3 is 0 Å². The minimum atomic E-state index is -0.127. The van der Waals surface area contributed by atoms with Crippen molar-refractivity contribution in [2.75, 3.05) is 20.2 Å². The first-order chi connectivity index (χ1) is 10.7. The second kappa shape index (κ2) is 6.33. The molecule has 2 N–H and O–H groups in total. The third kappa shape index (κ3) is 3.05. The van der Waals surface area contributed by atoms with Crippen molar-refractivity contribution in [3.63, 3.8) is 0 Å². The summed E-state index contributed by atoms with van der Waals surface area (Å²) in [4.78, 5) is 18.2. The molecule has 2 aromatic rings. The molecule has 0 spiro atoms. The van der Waals surface area contributed by atoms with Crippen LogP contribution in [0, 0.1) is 0 Å². The number of piperidine rings is 1. The molecule has 3 heterocycles. The first-order valence-electron chi connectivity index (χ1n) is 7.29. The predicted molar refractivity (Wildman–Crippen MR) is 79.3 cm³/mol. The Labute approximate surface area is 128 Å². The third-order valence-corrected chi connectivity index (χ3v) is 3.97. The lowest BCUT2D eigenvalue weighted by molar-refractivity contribution is 0.0147. The minimum Gasteiger partial charge on any atom is -0.454 e. The third-order valence-electron chi connectivity index (χ3n) is 3.97. The zero-order valence-corrected chi connectivity index (χ0v) is 12.5. The summed E-state index contributed by atoms with van der Waals surface area (Å²) in [5.41, 5.74) is 5.98. The van der Waals surface area contributed by atoms with Crippen molar-refractivity contribution < 1.29 is 13.9 Å². The van der Waals surface area contributed by atoms with E-state index in [0.717, 1.165) is 12.2 Å². The van der Waals surface area contributed by atoms with Crippen molar-refractivity contribution in [1.29, 1.82) is 0 Å². The Morgan fingerprint density at radius 2 is 2.41 bits per heavy atom. The summed E-state index contributed by atoms with van der Waals surface area (Å²) in [5.74, 6) is 0.949. The molecule has 7 nitrogen and oxygen atoms in total. The Hall–Kier alpha value is -2.12. The SMILES string of the molecule is CO[C@@H]1CN(C(=O)c2ccc(Cn3ccnc3)o2)CC[C@@H]1N. The van der Waals surface area contributed by atoms with E-state index in [0.29, 0.717) is 25.4 Å². The summed E-state index contributed by atoms with van der Waals surface area (Å²) < 4.78 is 12.9. The van der Waals surface area contributed by atoms with Crippen molar-refractivity contribution in [3.8, 4) is 0 Å². The fraction of sp³-hybridized carbons (Fsp3) is 0.467. The second-order valence-corrected chi connectivity index (χ2v) is 5.48. The van der Waals surface area contributed by atoms with E-state index in [1.165, 1.54) is 0 Å². The van der Waals surface area contributed by atoms with Crippen LogP contribution in [0.1, 0.15) is 22.7 Å². The monoisotopic (exact) mass is 304 g/mol. The molecule has 0 aromatic carbocycles. The van der Waals surface area contributed by atoms with E-state index in [1.54, 1.807) is 30.6 Å². The van der Waals surface area contributed by atoms with Gasteiger partial charge in [0.25, 0.3) is 5.91 Å². The van der Waals surface area contributed by atoms with Gasteiger partial charge in [-0.1, -0.05) is 0 Å². The smallest absolute Gasteiger partial charge is 0.289 e. The fourth-order valence-electron chi connectivity index (χ4n) is 2.66. The molecule has 1 aliphatic rings.